The number of aryl methyl sites for hydroxylation is 1. The minimum absolute atomic E-state index is 0.277. The lowest BCUT2D eigenvalue weighted by Gasteiger charge is -2.49. The number of rotatable bonds is 3. The maximum Gasteiger partial charge on any atom is 0.0957 e. The van der Waals surface area contributed by atoms with Crippen molar-refractivity contribution in [1.29, 1.82) is 0 Å². The Balaban J connectivity index is 1.79. The van der Waals surface area contributed by atoms with Gasteiger partial charge in [-0.1, -0.05) is 31.2 Å². The second-order valence-electron chi connectivity index (χ2n) is 5.45. The summed E-state index contributed by atoms with van der Waals surface area (Å²) in [6.07, 6.45) is 0.681. The first-order valence-electron chi connectivity index (χ1n) is 7.01. The maximum absolute atomic E-state index is 10.6. The standard InChI is InChI=1S/C15H22N2O/c1-2-12-4-3-5-13(10-12)15(18)14-11-16-6-8-17(14)9-7-16/h3-5,10,14-15,18H,2,6-9,11H2,1H3. The minimum atomic E-state index is -0.348. The van der Waals surface area contributed by atoms with Crippen LogP contribution in [0, 0.1) is 0 Å². The van der Waals surface area contributed by atoms with E-state index in [4.69, 9.17) is 0 Å². The fourth-order valence-electron chi connectivity index (χ4n) is 3.18. The van der Waals surface area contributed by atoms with E-state index in [9.17, 15) is 5.11 Å². The van der Waals surface area contributed by atoms with E-state index in [2.05, 4.69) is 41.0 Å². The van der Waals surface area contributed by atoms with E-state index in [1.54, 1.807) is 0 Å². The maximum atomic E-state index is 10.6. The van der Waals surface area contributed by atoms with Crippen LogP contribution < -0.4 is 0 Å². The van der Waals surface area contributed by atoms with Gasteiger partial charge in [-0.25, -0.2) is 0 Å². The molecule has 1 N–H and O–H groups in total. The summed E-state index contributed by atoms with van der Waals surface area (Å²) in [5.41, 5.74) is 2.39. The Morgan fingerprint density at radius 2 is 2.06 bits per heavy atom. The number of nitrogens with zero attached hydrogens (tertiary/aromatic N) is 2. The highest BCUT2D eigenvalue weighted by Gasteiger charge is 2.36. The average molecular weight is 246 g/mol. The van der Waals surface area contributed by atoms with Gasteiger partial charge in [0.1, 0.15) is 0 Å². The van der Waals surface area contributed by atoms with Gasteiger partial charge in [0.15, 0.2) is 0 Å². The van der Waals surface area contributed by atoms with Crippen LogP contribution in [0.4, 0.5) is 0 Å². The fraction of sp³-hybridized carbons (Fsp3) is 0.600. The van der Waals surface area contributed by atoms with Crippen LogP contribution in [0.1, 0.15) is 24.2 Å². The molecule has 3 saturated heterocycles. The van der Waals surface area contributed by atoms with E-state index in [-0.39, 0.29) is 12.1 Å². The second kappa shape index (κ2) is 5.00. The highest BCUT2D eigenvalue weighted by atomic mass is 16.3. The van der Waals surface area contributed by atoms with E-state index in [1.165, 1.54) is 5.56 Å². The lowest BCUT2D eigenvalue weighted by atomic mass is 9.95. The molecule has 1 aromatic rings. The Bertz CT molecular complexity index is 413. The van der Waals surface area contributed by atoms with Crippen molar-refractivity contribution in [2.75, 3.05) is 32.7 Å². The molecule has 0 spiro atoms. The van der Waals surface area contributed by atoms with Crippen molar-refractivity contribution in [3.8, 4) is 0 Å². The molecule has 0 amide bonds. The molecule has 2 unspecified atom stereocenters. The predicted molar refractivity (Wildman–Crippen MR) is 72.6 cm³/mol. The van der Waals surface area contributed by atoms with Crippen molar-refractivity contribution in [2.24, 2.45) is 0 Å². The quantitative estimate of drug-likeness (QED) is 0.870. The molecule has 3 fully saturated rings. The zero-order valence-corrected chi connectivity index (χ0v) is 11.0. The highest BCUT2D eigenvalue weighted by molar-refractivity contribution is 5.26. The lowest BCUT2D eigenvalue weighted by molar-refractivity contribution is -0.0470. The number of hydrogen-bond acceptors (Lipinski definition) is 3. The smallest absolute Gasteiger partial charge is 0.0957 e. The summed E-state index contributed by atoms with van der Waals surface area (Å²) < 4.78 is 0. The molecule has 3 nitrogen and oxygen atoms in total. The molecule has 3 aliphatic heterocycles. The molecule has 0 aliphatic carbocycles. The largest absolute Gasteiger partial charge is 0.387 e. The van der Waals surface area contributed by atoms with Gasteiger partial charge in [-0.2, -0.15) is 0 Å². The van der Waals surface area contributed by atoms with Gasteiger partial charge >= 0.3 is 0 Å². The van der Waals surface area contributed by atoms with E-state index in [0.717, 1.165) is 44.7 Å². The third kappa shape index (κ3) is 2.18. The van der Waals surface area contributed by atoms with Crippen LogP contribution >= 0.6 is 0 Å². The van der Waals surface area contributed by atoms with Crippen LogP contribution in [0.25, 0.3) is 0 Å². The minimum Gasteiger partial charge on any atom is -0.387 e. The van der Waals surface area contributed by atoms with Crippen molar-refractivity contribution < 1.29 is 5.11 Å². The molecule has 2 atom stereocenters. The Morgan fingerprint density at radius 3 is 2.67 bits per heavy atom. The first-order chi connectivity index (χ1) is 8.78. The summed E-state index contributed by atoms with van der Waals surface area (Å²) in [6.45, 7) is 7.71. The Morgan fingerprint density at radius 1 is 1.28 bits per heavy atom. The van der Waals surface area contributed by atoms with Gasteiger partial charge in [-0.05, 0) is 17.5 Å². The summed E-state index contributed by atoms with van der Waals surface area (Å²) in [5.74, 6) is 0. The average Bonchev–Trinajstić information content (AvgIpc) is 2.47. The van der Waals surface area contributed by atoms with Gasteiger partial charge in [0.25, 0.3) is 0 Å². The van der Waals surface area contributed by atoms with Crippen molar-refractivity contribution in [3.05, 3.63) is 35.4 Å². The zero-order valence-electron chi connectivity index (χ0n) is 11.0. The van der Waals surface area contributed by atoms with Crippen LogP contribution in [0.2, 0.25) is 0 Å². The fourth-order valence-corrected chi connectivity index (χ4v) is 3.18. The molecule has 2 bridgehead atoms. The molecule has 98 valence electrons. The van der Waals surface area contributed by atoms with Gasteiger partial charge in [0, 0.05) is 32.7 Å². The summed E-state index contributed by atoms with van der Waals surface area (Å²) in [7, 11) is 0. The van der Waals surface area contributed by atoms with E-state index in [1.807, 2.05) is 0 Å². The monoisotopic (exact) mass is 246 g/mol. The number of aliphatic hydroxyl groups excluding tert-OH is 1. The van der Waals surface area contributed by atoms with Crippen molar-refractivity contribution in [2.45, 2.75) is 25.5 Å². The zero-order chi connectivity index (χ0) is 12.5. The van der Waals surface area contributed by atoms with Crippen LogP contribution in [0.5, 0.6) is 0 Å². The molecule has 1 aromatic carbocycles. The SMILES string of the molecule is CCc1cccc(C(O)C2CN3CCN2CC3)c1. The number of fused-ring (bicyclic) bond motifs is 3. The molecular weight excluding hydrogens is 224 g/mol. The first kappa shape index (κ1) is 12.2. The molecule has 0 radical (unpaired) electrons. The van der Waals surface area contributed by atoms with Crippen LogP contribution in [0.15, 0.2) is 24.3 Å². The highest BCUT2D eigenvalue weighted by Crippen LogP contribution is 2.27. The number of piperazine rings is 3. The van der Waals surface area contributed by atoms with Crippen molar-refractivity contribution in [1.82, 2.24) is 9.80 Å². The lowest BCUT2D eigenvalue weighted by Crippen LogP contribution is -2.62. The number of hydrogen-bond donors (Lipinski definition) is 1. The first-order valence-corrected chi connectivity index (χ1v) is 7.01. The van der Waals surface area contributed by atoms with Crippen LogP contribution in [-0.4, -0.2) is 53.7 Å². The number of aliphatic hydroxyl groups is 1. The second-order valence-corrected chi connectivity index (χ2v) is 5.45. The van der Waals surface area contributed by atoms with Gasteiger partial charge in [0.2, 0.25) is 0 Å². The molecule has 4 rings (SSSR count). The molecular formula is C15H22N2O. The normalized spacial score (nSPS) is 32.4. The molecule has 0 aromatic heterocycles. The summed E-state index contributed by atoms with van der Waals surface area (Å²) >= 11 is 0. The third-order valence-corrected chi connectivity index (χ3v) is 4.39. The Hall–Kier alpha value is -0.900. The molecule has 3 heterocycles. The van der Waals surface area contributed by atoms with E-state index in [0.29, 0.717) is 0 Å². The van der Waals surface area contributed by atoms with Gasteiger partial charge < -0.3 is 5.11 Å². The molecule has 0 saturated carbocycles. The molecule has 18 heavy (non-hydrogen) atoms. The van der Waals surface area contributed by atoms with Gasteiger partial charge in [-0.3, -0.25) is 9.80 Å². The topological polar surface area (TPSA) is 26.7 Å². The Labute approximate surface area is 109 Å². The molecule has 3 aliphatic rings. The van der Waals surface area contributed by atoms with Crippen LogP contribution in [0.3, 0.4) is 0 Å². The van der Waals surface area contributed by atoms with E-state index >= 15 is 0 Å². The predicted octanol–water partition coefficient (Wildman–Crippen LogP) is 1.28. The van der Waals surface area contributed by atoms with Gasteiger partial charge in [0.05, 0.1) is 12.1 Å². The summed E-state index contributed by atoms with van der Waals surface area (Å²) in [6, 6.07) is 8.69. The van der Waals surface area contributed by atoms with Gasteiger partial charge in [-0.15, -0.1) is 0 Å². The van der Waals surface area contributed by atoms with Crippen molar-refractivity contribution in [3.63, 3.8) is 0 Å². The number of benzene rings is 1. The third-order valence-electron chi connectivity index (χ3n) is 4.39. The Kier molecular flexibility index (Phi) is 3.37. The van der Waals surface area contributed by atoms with Crippen LogP contribution in [-0.2, 0) is 6.42 Å². The summed E-state index contributed by atoms with van der Waals surface area (Å²) in [4.78, 5) is 4.92. The van der Waals surface area contributed by atoms with E-state index < -0.39 is 0 Å². The van der Waals surface area contributed by atoms with Crippen molar-refractivity contribution >= 4 is 0 Å². The summed E-state index contributed by atoms with van der Waals surface area (Å²) in [5, 5.41) is 10.6. The molecule has 3 heteroatoms.